The topological polar surface area (TPSA) is 52.7 Å². The summed E-state index contributed by atoms with van der Waals surface area (Å²) in [7, 11) is 2.07. The fourth-order valence-corrected chi connectivity index (χ4v) is 3.41. The van der Waals surface area contributed by atoms with Crippen LogP contribution in [0.4, 0.5) is 0 Å². The molecule has 2 amide bonds. The summed E-state index contributed by atoms with van der Waals surface area (Å²) in [6.07, 6.45) is 2.83. The van der Waals surface area contributed by atoms with E-state index in [1.54, 1.807) is 0 Å². The van der Waals surface area contributed by atoms with Gasteiger partial charge in [0.2, 0.25) is 11.8 Å². The molecule has 0 aliphatic carbocycles. The van der Waals surface area contributed by atoms with Crippen LogP contribution in [0.25, 0.3) is 0 Å². The molecule has 0 spiro atoms. The molecule has 1 heterocycles. The second kappa shape index (κ2) is 10.5. The highest BCUT2D eigenvalue weighted by atomic mass is 16.2. The highest BCUT2D eigenvalue weighted by Gasteiger charge is 2.28. The maximum Gasteiger partial charge on any atom is 0.245 e. The van der Waals surface area contributed by atoms with E-state index in [9.17, 15) is 9.59 Å². The second-order valence-electron chi connectivity index (χ2n) is 8.22. The zero-order chi connectivity index (χ0) is 19.8. The Morgan fingerprint density at radius 3 is 2.30 bits per heavy atom. The summed E-state index contributed by atoms with van der Waals surface area (Å²) in [5.74, 6) is 0.415. The van der Waals surface area contributed by atoms with E-state index in [0.717, 1.165) is 39.0 Å². The maximum absolute atomic E-state index is 12.9. The number of amides is 2. The predicted octanol–water partition coefficient (Wildman–Crippen LogP) is 2.62. The van der Waals surface area contributed by atoms with Gasteiger partial charge in [-0.1, -0.05) is 43.7 Å². The summed E-state index contributed by atoms with van der Waals surface area (Å²) in [4.78, 5) is 29.5. The molecular weight excluding hydrogens is 338 g/mol. The minimum Gasteiger partial charge on any atom is -0.344 e. The quantitative estimate of drug-likeness (QED) is 0.762. The van der Waals surface area contributed by atoms with Gasteiger partial charge in [0.15, 0.2) is 0 Å². The van der Waals surface area contributed by atoms with Gasteiger partial charge in [0.1, 0.15) is 6.04 Å². The van der Waals surface area contributed by atoms with Gasteiger partial charge in [0.05, 0.1) is 0 Å². The summed E-state index contributed by atoms with van der Waals surface area (Å²) in [6, 6.07) is 8.03. The molecule has 0 aromatic heterocycles. The molecule has 1 aromatic carbocycles. The Morgan fingerprint density at radius 1 is 1.07 bits per heavy atom. The lowest BCUT2D eigenvalue weighted by Gasteiger charge is -2.35. The number of nitrogens with zero attached hydrogens (tertiary/aromatic N) is 2. The molecule has 1 aliphatic heterocycles. The first-order chi connectivity index (χ1) is 12.8. The molecule has 0 saturated carbocycles. The van der Waals surface area contributed by atoms with Gasteiger partial charge < -0.3 is 15.1 Å². The number of likely N-dealkylation sites (N-methyl/N-ethyl adjacent to an activating group) is 1. The Balaban J connectivity index is 1.83. The molecule has 0 bridgehead atoms. The fraction of sp³-hybridized carbons (Fsp3) is 0.636. The zero-order valence-corrected chi connectivity index (χ0v) is 17.3. The maximum atomic E-state index is 12.9. The van der Waals surface area contributed by atoms with Crippen molar-refractivity contribution in [2.24, 2.45) is 5.92 Å². The second-order valence-corrected chi connectivity index (χ2v) is 8.22. The molecule has 0 radical (unpaired) electrons. The van der Waals surface area contributed by atoms with Crippen LogP contribution in [0.3, 0.4) is 0 Å². The Kier molecular flexibility index (Phi) is 8.29. The van der Waals surface area contributed by atoms with Gasteiger partial charge in [0, 0.05) is 32.6 Å². The number of carbonyl (C=O) groups excluding carboxylic acids is 2. The van der Waals surface area contributed by atoms with Gasteiger partial charge in [0.25, 0.3) is 0 Å². The standard InChI is InChI=1S/C22H35N3O2/c1-17(2)16-20(22(27)25-14-12-24(4)13-15-25)23-21(26)7-5-6-19-10-8-18(3)9-11-19/h8-11,17,20H,5-7,12-16H2,1-4H3,(H,23,26)/t20-/m0/s1. The molecule has 1 N–H and O–H groups in total. The number of aryl methyl sites for hydroxylation is 2. The third kappa shape index (κ3) is 7.33. The summed E-state index contributed by atoms with van der Waals surface area (Å²) in [6.45, 7) is 9.53. The minimum atomic E-state index is -0.403. The van der Waals surface area contributed by atoms with Crippen molar-refractivity contribution in [2.75, 3.05) is 33.2 Å². The van der Waals surface area contributed by atoms with Crippen LogP contribution in [0.5, 0.6) is 0 Å². The van der Waals surface area contributed by atoms with Crippen molar-refractivity contribution < 1.29 is 9.59 Å². The van der Waals surface area contributed by atoms with E-state index < -0.39 is 6.04 Å². The molecule has 2 rings (SSSR count). The molecule has 1 aliphatic rings. The lowest BCUT2D eigenvalue weighted by Crippen LogP contribution is -2.54. The normalized spacial score (nSPS) is 16.4. The van der Waals surface area contributed by atoms with Crippen LogP contribution in [0.15, 0.2) is 24.3 Å². The molecule has 150 valence electrons. The molecule has 5 heteroatoms. The number of nitrogens with one attached hydrogen (secondary N) is 1. The third-order valence-corrected chi connectivity index (χ3v) is 5.15. The zero-order valence-electron chi connectivity index (χ0n) is 17.3. The first-order valence-electron chi connectivity index (χ1n) is 10.2. The van der Waals surface area contributed by atoms with Crippen molar-refractivity contribution in [3.8, 4) is 0 Å². The van der Waals surface area contributed by atoms with Gasteiger partial charge in [-0.2, -0.15) is 0 Å². The van der Waals surface area contributed by atoms with Crippen LogP contribution in [-0.4, -0.2) is 60.9 Å². The van der Waals surface area contributed by atoms with Crippen LogP contribution >= 0.6 is 0 Å². The Morgan fingerprint density at radius 2 is 1.70 bits per heavy atom. The third-order valence-electron chi connectivity index (χ3n) is 5.15. The summed E-state index contributed by atoms with van der Waals surface area (Å²) in [5, 5.41) is 3.01. The van der Waals surface area contributed by atoms with Gasteiger partial charge in [-0.3, -0.25) is 9.59 Å². The van der Waals surface area contributed by atoms with E-state index in [-0.39, 0.29) is 11.8 Å². The lowest BCUT2D eigenvalue weighted by molar-refractivity contribution is -0.138. The van der Waals surface area contributed by atoms with Crippen molar-refractivity contribution in [3.63, 3.8) is 0 Å². The van der Waals surface area contributed by atoms with E-state index in [4.69, 9.17) is 0 Å². The molecule has 27 heavy (non-hydrogen) atoms. The molecular formula is C22H35N3O2. The van der Waals surface area contributed by atoms with Crippen molar-refractivity contribution >= 4 is 11.8 Å². The molecule has 1 atom stereocenters. The van der Waals surface area contributed by atoms with Crippen LogP contribution in [-0.2, 0) is 16.0 Å². The summed E-state index contributed by atoms with van der Waals surface area (Å²) >= 11 is 0. The molecule has 1 aromatic rings. The van der Waals surface area contributed by atoms with Crippen molar-refractivity contribution in [1.29, 1.82) is 0 Å². The Labute approximate surface area is 164 Å². The van der Waals surface area contributed by atoms with E-state index in [1.165, 1.54) is 11.1 Å². The first kappa shape index (κ1) is 21.4. The Hall–Kier alpha value is -1.88. The van der Waals surface area contributed by atoms with E-state index in [1.807, 2.05) is 4.90 Å². The van der Waals surface area contributed by atoms with E-state index in [0.29, 0.717) is 18.8 Å². The fourth-order valence-electron chi connectivity index (χ4n) is 3.41. The number of rotatable bonds is 8. The van der Waals surface area contributed by atoms with Crippen molar-refractivity contribution in [2.45, 2.75) is 52.5 Å². The average molecular weight is 374 g/mol. The number of benzene rings is 1. The van der Waals surface area contributed by atoms with E-state index >= 15 is 0 Å². The van der Waals surface area contributed by atoms with Gasteiger partial charge in [-0.15, -0.1) is 0 Å². The summed E-state index contributed by atoms with van der Waals surface area (Å²) < 4.78 is 0. The molecule has 1 saturated heterocycles. The first-order valence-corrected chi connectivity index (χ1v) is 10.2. The number of hydrogen-bond donors (Lipinski definition) is 1. The molecule has 1 fully saturated rings. The number of carbonyl (C=O) groups is 2. The largest absolute Gasteiger partial charge is 0.344 e. The van der Waals surface area contributed by atoms with Gasteiger partial charge in [-0.25, -0.2) is 0 Å². The number of piperazine rings is 1. The average Bonchev–Trinajstić information content (AvgIpc) is 2.62. The smallest absolute Gasteiger partial charge is 0.245 e. The van der Waals surface area contributed by atoms with E-state index in [2.05, 4.69) is 62.3 Å². The highest BCUT2D eigenvalue weighted by Crippen LogP contribution is 2.12. The van der Waals surface area contributed by atoms with Crippen LogP contribution in [0.1, 0.15) is 44.2 Å². The van der Waals surface area contributed by atoms with Crippen molar-refractivity contribution in [3.05, 3.63) is 35.4 Å². The van der Waals surface area contributed by atoms with Gasteiger partial charge in [-0.05, 0) is 44.7 Å². The highest BCUT2D eigenvalue weighted by molar-refractivity contribution is 5.87. The SMILES string of the molecule is Cc1ccc(CCCC(=O)N[C@@H](CC(C)C)C(=O)N2CCN(C)CC2)cc1. The van der Waals surface area contributed by atoms with Crippen molar-refractivity contribution in [1.82, 2.24) is 15.1 Å². The van der Waals surface area contributed by atoms with Gasteiger partial charge >= 0.3 is 0 Å². The van der Waals surface area contributed by atoms with Crippen LogP contribution in [0.2, 0.25) is 0 Å². The minimum absolute atomic E-state index is 0.0183. The predicted molar refractivity (Wildman–Crippen MR) is 110 cm³/mol. The lowest BCUT2D eigenvalue weighted by atomic mass is 10.0. The molecule has 5 nitrogen and oxygen atoms in total. The Bertz CT molecular complexity index is 604. The monoisotopic (exact) mass is 373 g/mol. The van der Waals surface area contributed by atoms with Crippen LogP contribution in [0, 0.1) is 12.8 Å². The molecule has 0 unspecified atom stereocenters. The number of hydrogen-bond acceptors (Lipinski definition) is 3. The van der Waals surface area contributed by atoms with Crippen LogP contribution < -0.4 is 5.32 Å². The summed E-state index contributed by atoms with van der Waals surface area (Å²) in [5.41, 5.74) is 2.50.